The number of nitrogens with one attached hydrogen (secondary N) is 1. The summed E-state index contributed by atoms with van der Waals surface area (Å²) in [6.45, 7) is 1.80. The molecular weight excluding hydrogens is 366 g/mol. The van der Waals surface area contributed by atoms with E-state index in [-0.39, 0.29) is 0 Å². The minimum absolute atomic E-state index is 0.443. The Bertz CT molecular complexity index is 887. The van der Waals surface area contributed by atoms with Crippen molar-refractivity contribution in [3.63, 3.8) is 0 Å². The van der Waals surface area contributed by atoms with Crippen molar-refractivity contribution >= 4 is 0 Å². The molecule has 152 valence electrons. The van der Waals surface area contributed by atoms with Crippen LogP contribution in [0.1, 0.15) is 16.7 Å². The van der Waals surface area contributed by atoms with Crippen LogP contribution in [0.4, 0.5) is 0 Å². The highest BCUT2D eigenvalue weighted by molar-refractivity contribution is 5.54. The average Bonchev–Trinajstić information content (AvgIpc) is 2.78. The van der Waals surface area contributed by atoms with E-state index in [1.165, 1.54) is 0 Å². The third-order valence-corrected chi connectivity index (χ3v) is 4.58. The van der Waals surface area contributed by atoms with Crippen LogP contribution in [0.2, 0.25) is 0 Å². The Hall–Kier alpha value is -3.18. The molecule has 5 heteroatoms. The molecule has 0 aliphatic carbocycles. The van der Waals surface area contributed by atoms with Crippen LogP contribution in [0.25, 0.3) is 0 Å². The summed E-state index contributed by atoms with van der Waals surface area (Å²) in [5.41, 5.74) is 3.23. The maximum atomic E-state index is 6.01. The van der Waals surface area contributed by atoms with Gasteiger partial charge >= 0.3 is 0 Å². The van der Waals surface area contributed by atoms with E-state index in [9.17, 15) is 0 Å². The maximum absolute atomic E-state index is 6.01. The molecule has 0 saturated heterocycles. The molecule has 0 aliphatic rings. The molecule has 0 radical (unpaired) electrons. The summed E-state index contributed by atoms with van der Waals surface area (Å²) in [5, 5.41) is 3.44. The van der Waals surface area contributed by atoms with E-state index >= 15 is 0 Å². The molecule has 0 bridgehead atoms. The molecule has 0 heterocycles. The summed E-state index contributed by atoms with van der Waals surface area (Å²) in [7, 11) is 4.95. The molecule has 3 aromatic carbocycles. The van der Waals surface area contributed by atoms with E-state index in [0.717, 1.165) is 22.4 Å². The third-order valence-electron chi connectivity index (χ3n) is 4.58. The largest absolute Gasteiger partial charge is 0.496 e. The molecule has 29 heavy (non-hydrogen) atoms. The zero-order chi connectivity index (χ0) is 20.5. The van der Waals surface area contributed by atoms with Gasteiger partial charge in [0.25, 0.3) is 0 Å². The van der Waals surface area contributed by atoms with E-state index in [1.54, 1.807) is 21.3 Å². The predicted octanol–water partition coefficient (Wildman–Crippen LogP) is 4.58. The Morgan fingerprint density at radius 3 is 1.93 bits per heavy atom. The van der Waals surface area contributed by atoms with Crippen LogP contribution in [-0.2, 0) is 19.7 Å². The molecule has 0 aromatic heterocycles. The van der Waals surface area contributed by atoms with Crippen molar-refractivity contribution in [3.8, 4) is 23.0 Å². The molecule has 1 N–H and O–H groups in total. The van der Waals surface area contributed by atoms with Crippen LogP contribution in [0.5, 0.6) is 23.0 Å². The Morgan fingerprint density at radius 2 is 1.28 bits per heavy atom. The molecule has 0 fully saturated rings. The molecule has 0 atom stereocenters. The first-order valence-electron chi connectivity index (χ1n) is 9.49. The molecule has 0 aliphatic heterocycles. The normalized spacial score (nSPS) is 10.4. The van der Waals surface area contributed by atoms with Crippen LogP contribution in [0.3, 0.4) is 0 Å². The minimum Gasteiger partial charge on any atom is -0.496 e. The van der Waals surface area contributed by atoms with Gasteiger partial charge < -0.3 is 24.3 Å². The highest BCUT2D eigenvalue weighted by Crippen LogP contribution is 2.39. The first kappa shape index (κ1) is 20.6. The van der Waals surface area contributed by atoms with Crippen LogP contribution >= 0.6 is 0 Å². The summed E-state index contributed by atoms with van der Waals surface area (Å²) < 4.78 is 22.5. The van der Waals surface area contributed by atoms with Gasteiger partial charge in [0.2, 0.25) is 5.75 Å². The first-order valence-corrected chi connectivity index (χ1v) is 9.49. The Balaban J connectivity index is 1.70. The number of hydrogen-bond donors (Lipinski definition) is 1. The lowest BCUT2D eigenvalue weighted by Gasteiger charge is -2.17. The van der Waals surface area contributed by atoms with Crippen molar-refractivity contribution in [2.24, 2.45) is 0 Å². The number of rotatable bonds is 10. The fraction of sp³-hybridized carbons (Fsp3) is 0.250. The highest BCUT2D eigenvalue weighted by atomic mass is 16.5. The van der Waals surface area contributed by atoms with Gasteiger partial charge in [0.05, 0.1) is 21.3 Å². The summed E-state index contributed by atoms with van der Waals surface area (Å²) in [4.78, 5) is 0. The second-order valence-electron chi connectivity index (χ2n) is 6.52. The zero-order valence-electron chi connectivity index (χ0n) is 17.1. The third kappa shape index (κ3) is 5.42. The molecule has 3 rings (SSSR count). The lowest BCUT2D eigenvalue weighted by atomic mass is 10.1. The van der Waals surface area contributed by atoms with Crippen LogP contribution in [0, 0.1) is 0 Å². The summed E-state index contributed by atoms with van der Waals surface area (Å²) in [5.74, 6) is 2.77. The van der Waals surface area contributed by atoms with Crippen molar-refractivity contribution < 1.29 is 18.9 Å². The van der Waals surface area contributed by atoms with Gasteiger partial charge in [-0.15, -0.1) is 0 Å². The van der Waals surface area contributed by atoms with E-state index in [2.05, 4.69) is 5.32 Å². The standard InChI is InChI=1S/C24H27NO4/c1-26-21-12-8-7-11-20(21)16-25-15-19-13-22(27-2)24(23(14-19)28-3)29-17-18-9-5-4-6-10-18/h4-14,25H,15-17H2,1-3H3. The smallest absolute Gasteiger partial charge is 0.203 e. The monoisotopic (exact) mass is 393 g/mol. The Kier molecular flexibility index (Phi) is 7.36. The van der Waals surface area contributed by atoms with Crippen molar-refractivity contribution in [2.75, 3.05) is 21.3 Å². The number of para-hydroxylation sites is 1. The van der Waals surface area contributed by atoms with Gasteiger partial charge in [-0.25, -0.2) is 0 Å². The number of benzene rings is 3. The van der Waals surface area contributed by atoms with Crippen molar-refractivity contribution in [1.82, 2.24) is 5.32 Å². The SMILES string of the molecule is COc1ccccc1CNCc1cc(OC)c(OCc2ccccc2)c(OC)c1. The number of ether oxygens (including phenoxy) is 4. The summed E-state index contributed by atoms with van der Waals surface area (Å²) in [6, 6.07) is 21.9. The van der Waals surface area contributed by atoms with Gasteiger partial charge in [-0.3, -0.25) is 0 Å². The van der Waals surface area contributed by atoms with Crippen LogP contribution in [-0.4, -0.2) is 21.3 Å². The van der Waals surface area contributed by atoms with Gasteiger partial charge in [-0.2, -0.15) is 0 Å². The quantitative estimate of drug-likeness (QED) is 0.546. The topological polar surface area (TPSA) is 49.0 Å². The average molecular weight is 393 g/mol. The van der Waals surface area contributed by atoms with Gasteiger partial charge in [0, 0.05) is 18.7 Å². The number of methoxy groups -OCH3 is 3. The summed E-state index contributed by atoms with van der Waals surface area (Å²) >= 11 is 0. The Labute approximate surface area is 172 Å². The second-order valence-corrected chi connectivity index (χ2v) is 6.52. The van der Waals surface area contributed by atoms with E-state index in [1.807, 2.05) is 66.7 Å². The maximum Gasteiger partial charge on any atom is 0.203 e. The van der Waals surface area contributed by atoms with E-state index in [4.69, 9.17) is 18.9 Å². The fourth-order valence-corrected chi connectivity index (χ4v) is 3.10. The molecule has 5 nitrogen and oxygen atoms in total. The van der Waals surface area contributed by atoms with Crippen molar-refractivity contribution in [3.05, 3.63) is 83.4 Å². The van der Waals surface area contributed by atoms with Gasteiger partial charge in [-0.05, 0) is 29.3 Å². The van der Waals surface area contributed by atoms with Gasteiger partial charge in [0.15, 0.2) is 11.5 Å². The highest BCUT2D eigenvalue weighted by Gasteiger charge is 2.14. The molecule has 0 spiro atoms. The van der Waals surface area contributed by atoms with Crippen molar-refractivity contribution in [1.29, 1.82) is 0 Å². The van der Waals surface area contributed by atoms with Gasteiger partial charge in [-0.1, -0.05) is 48.5 Å². The lowest BCUT2D eigenvalue weighted by molar-refractivity contribution is 0.265. The van der Waals surface area contributed by atoms with Gasteiger partial charge in [0.1, 0.15) is 12.4 Å². The van der Waals surface area contributed by atoms with Crippen molar-refractivity contribution in [2.45, 2.75) is 19.7 Å². The summed E-state index contributed by atoms with van der Waals surface area (Å²) in [6.07, 6.45) is 0. The van der Waals surface area contributed by atoms with E-state index < -0.39 is 0 Å². The Morgan fingerprint density at radius 1 is 0.655 bits per heavy atom. The lowest BCUT2D eigenvalue weighted by Crippen LogP contribution is -2.13. The van der Waals surface area contributed by atoms with Crippen LogP contribution in [0.15, 0.2) is 66.7 Å². The molecule has 0 saturated carbocycles. The first-order chi connectivity index (χ1) is 14.2. The van der Waals surface area contributed by atoms with Crippen LogP contribution < -0.4 is 24.3 Å². The number of hydrogen-bond acceptors (Lipinski definition) is 5. The minimum atomic E-state index is 0.443. The molecule has 3 aromatic rings. The molecule has 0 amide bonds. The molecular formula is C24H27NO4. The zero-order valence-corrected chi connectivity index (χ0v) is 17.1. The second kappa shape index (κ2) is 10.4. The van der Waals surface area contributed by atoms with E-state index in [0.29, 0.717) is 36.9 Å². The molecule has 0 unspecified atom stereocenters. The fourth-order valence-electron chi connectivity index (χ4n) is 3.10. The predicted molar refractivity (Wildman–Crippen MR) is 114 cm³/mol.